The summed E-state index contributed by atoms with van der Waals surface area (Å²) in [6.07, 6.45) is -14.5. The average molecular weight is 1300 g/mol. The van der Waals surface area contributed by atoms with Crippen molar-refractivity contribution in [2.24, 2.45) is 17.4 Å². The largest absolute Gasteiger partial charge is 0.508 e. The van der Waals surface area contributed by atoms with Crippen molar-refractivity contribution >= 4 is 70.5 Å². The number of phenolic OH excluding ortho intramolecular Hbond substituents is 4. The fraction of sp³-hybridized carbons (Fsp3) is 0.345. The molecule has 5 aromatic rings. The summed E-state index contributed by atoms with van der Waals surface area (Å²) in [7, 11) is 0. The Kier molecular flexibility index (Phi) is 22.4. The summed E-state index contributed by atoms with van der Waals surface area (Å²) in [5.41, 5.74) is 10.4. The van der Waals surface area contributed by atoms with Crippen LogP contribution in [-0.4, -0.2) is 165 Å². The maximum atomic E-state index is 15.3. The van der Waals surface area contributed by atoms with Gasteiger partial charge in [0.1, 0.15) is 95.6 Å². The van der Waals surface area contributed by atoms with Crippen molar-refractivity contribution < 1.29 is 109 Å². The van der Waals surface area contributed by atoms with Crippen molar-refractivity contribution in [3.05, 3.63) is 135 Å². The fourth-order valence-electron chi connectivity index (χ4n) is 9.57. The number of benzene rings is 5. The normalized spacial score (nSPS) is 22.6. The van der Waals surface area contributed by atoms with Crippen molar-refractivity contribution in [1.82, 2.24) is 31.9 Å². The van der Waals surface area contributed by atoms with Crippen molar-refractivity contribution in [2.45, 2.75) is 112 Å². The Morgan fingerprint density at radius 1 is 0.689 bits per heavy atom. The Morgan fingerprint density at radius 2 is 1.34 bits per heavy atom. The first-order valence-corrected chi connectivity index (χ1v) is 28.0. The van der Waals surface area contributed by atoms with Gasteiger partial charge < -0.3 is 114 Å². The van der Waals surface area contributed by atoms with Gasteiger partial charge in [-0.25, -0.2) is 4.79 Å². The van der Waals surface area contributed by atoms with E-state index in [9.17, 15) is 89.7 Å². The number of hydrogen-bond donors (Lipinski definition) is 19. The molecule has 3 aliphatic rings. The number of fused-ring (bicyclic) bond motifs is 9. The minimum Gasteiger partial charge on any atom is -0.508 e. The molecule has 8 rings (SSSR count). The molecule has 14 atom stereocenters. The number of carboxylic acids is 1. The first-order chi connectivity index (χ1) is 42.4. The Balaban J connectivity index is 1.37. The van der Waals surface area contributed by atoms with Gasteiger partial charge in [-0.1, -0.05) is 67.4 Å². The van der Waals surface area contributed by atoms with Gasteiger partial charge in [-0.15, -0.1) is 0 Å². The number of aliphatic carboxylic acids is 1. The molecule has 0 spiro atoms. The summed E-state index contributed by atoms with van der Waals surface area (Å²) in [5, 5.41) is 130. The number of aromatic hydroxyl groups is 4. The molecule has 30 nitrogen and oxygen atoms in total. The zero-order chi connectivity index (χ0) is 66.2. The van der Waals surface area contributed by atoms with Crippen molar-refractivity contribution in [3.63, 3.8) is 0 Å². The molecule has 0 saturated carbocycles. The standard InChI is InChI=1S/C58H64Cl2N8O22/c1-22(2)13-33(61)51(80)67-44(46(75)25-5-10-35(73)31(59)16-25)55(84)63-34(20-40(62)74)52(81)64-42-24-6-12-37(89-58-50(79)49(78)48(77)39(21-69)90-58)38(18-24)88-36-11-7-26(17-32(36)60)47(76)45(56(85)66-43(57(86)87)27-14-29(71)19-30(72)15-27)68-53(82)41(65-54(42)83)23-3-8-28(70)9-4-23/h3-12,14-19,22,33-34,39,41-50,58,69-73,75-79H,13,20-21,61H2,1-2H3,(H2,62,74)(H,63,84)(H,64,81)(H,65,83)(H,66,85)(H,67,80)(H,68,82)(H,86,87)/t33-,34+,39+,41-,42-,43+,44+,45-,46-,47+,48-,49-,50+,58-/m1/s1. The summed E-state index contributed by atoms with van der Waals surface area (Å²) in [5.74, 6) is -14.4. The Morgan fingerprint density at radius 3 is 1.96 bits per heavy atom. The number of primary amides is 1. The lowest BCUT2D eigenvalue weighted by Gasteiger charge is -2.39. The van der Waals surface area contributed by atoms with Crippen molar-refractivity contribution in [2.75, 3.05) is 6.61 Å². The van der Waals surface area contributed by atoms with Gasteiger partial charge in [0.05, 0.1) is 29.1 Å². The van der Waals surface area contributed by atoms with E-state index in [2.05, 4.69) is 31.9 Å². The van der Waals surface area contributed by atoms with Crippen LogP contribution in [0.1, 0.15) is 84.8 Å². The molecule has 3 heterocycles. The fourth-order valence-corrected chi connectivity index (χ4v) is 9.98. The molecule has 5 aromatic carbocycles. The second-order valence-electron chi connectivity index (χ2n) is 21.4. The van der Waals surface area contributed by atoms with E-state index in [0.717, 1.165) is 97.1 Å². The number of rotatable bonds is 20. The molecular weight excluding hydrogens is 1230 g/mol. The lowest BCUT2D eigenvalue weighted by atomic mass is 9.97. The van der Waals surface area contributed by atoms with Gasteiger partial charge in [-0.3, -0.25) is 33.6 Å². The monoisotopic (exact) mass is 1290 g/mol. The van der Waals surface area contributed by atoms with E-state index >= 15 is 4.79 Å². The van der Waals surface area contributed by atoms with E-state index in [-0.39, 0.29) is 51.1 Å². The smallest absolute Gasteiger partial charge is 0.330 e. The summed E-state index contributed by atoms with van der Waals surface area (Å²) in [6, 6.07) is 2.73. The Labute approximate surface area is 520 Å². The molecule has 3 aliphatic heterocycles. The molecule has 21 N–H and O–H groups in total. The molecule has 7 amide bonds. The van der Waals surface area contributed by atoms with E-state index in [4.69, 9.17) is 48.9 Å². The number of carbonyl (C=O) groups is 8. The molecular formula is C58H64Cl2N8O22. The van der Waals surface area contributed by atoms with Gasteiger partial charge in [0.2, 0.25) is 47.6 Å². The van der Waals surface area contributed by atoms with Gasteiger partial charge in [0.15, 0.2) is 17.5 Å². The van der Waals surface area contributed by atoms with Crippen molar-refractivity contribution in [1.29, 1.82) is 0 Å². The second-order valence-corrected chi connectivity index (χ2v) is 22.2. The summed E-state index contributed by atoms with van der Waals surface area (Å²) < 4.78 is 17.8. The maximum absolute atomic E-state index is 15.3. The Bertz CT molecular complexity index is 3490. The van der Waals surface area contributed by atoms with Crippen LogP contribution in [0, 0.1) is 5.92 Å². The first kappa shape index (κ1) is 68.4. The lowest BCUT2D eigenvalue weighted by Crippen LogP contribution is -2.60. The number of phenols is 4. The molecule has 0 aromatic heterocycles. The predicted molar refractivity (Wildman–Crippen MR) is 311 cm³/mol. The summed E-state index contributed by atoms with van der Waals surface area (Å²) in [6.45, 7) is 2.61. The van der Waals surface area contributed by atoms with Crippen LogP contribution in [0.4, 0.5) is 0 Å². The third-order valence-electron chi connectivity index (χ3n) is 14.2. The van der Waals surface area contributed by atoms with Crippen LogP contribution in [0.3, 0.4) is 0 Å². The quantitative estimate of drug-likeness (QED) is 0.0455. The first-order valence-electron chi connectivity index (χ1n) is 27.3. The van der Waals surface area contributed by atoms with Crippen LogP contribution in [0.5, 0.6) is 40.2 Å². The number of halogens is 2. The van der Waals surface area contributed by atoms with E-state index in [0.29, 0.717) is 0 Å². The highest BCUT2D eigenvalue weighted by molar-refractivity contribution is 6.32. The highest BCUT2D eigenvalue weighted by atomic mass is 35.5. The van der Waals surface area contributed by atoms with Crippen LogP contribution in [0.25, 0.3) is 0 Å². The SMILES string of the molecule is CC(C)C[C@@H](N)C(=O)N[C@H](C(=O)N[C@@H](CC(N)=O)C(=O)N[C@H]1C(=O)N[C@H](c2ccc(O)cc2)C(=O)N[C@@H](C(=O)N[C@H](C(=O)O)c2cc(O)cc(O)c2)[C@@H](O)c2ccc(c(Cl)c2)Oc2cc1ccc2O[C@@H]1O[C@@H](CO)[C@@H](O)[C@@H](O)[C@@H]1O)[C@H](O)c1ccc(O)c(Cl)c1. The molecule has 482 valence electrons. The highest BCUT2D eigenvalue weighted by Gasteiger charge is 2.46. The molecule has 32 heteroatoms. The number of amides is 7. The minimum absolute atomic E-state index is 0.0824. The van der Waals surface area contributed by atoms with Crippen LogP contribution < -0.4 is 52.8 Å². The van der Waals surface area contributed by atoms with E-state index in [1.54, 1.807) is 13.8 Å². The number of aliphatic hydroxyl groups excluding tert-OH is 6. The summed E-state index contributed by atoms with van der Waals surface area (Å²) >= 11 is 12.9. The molecule has 1 saturated heterocycles. The molecule has 0 aliphatic carbocycles. The molecule has 90 heavy (non-hydrogen) atoms. The van der Waals surface area contributed by atoms with Gasteiger partial charge in [0, 0.05) is 6.07 Å². The second kappa shape index (κ2) is 29.5. The number of ether oxygens (including phenoxy) is 3. The number of carboxylic acid groups (broad SMARTS) is 1. The number of nitrogens with two attached hydrogens (primary N) is 2. The van der Waals surface area contributed by atoms with Crippen molar-refractivity contribution in [3.8, 4) is 40.2 Å². The van der Waals surface area contributed by atoms with E-state index in [1.165, 1.54) is 0 Å². The van der Waals surface area contributed by atoms with Gasteiger partial charge in [-0.05, 0) is 101 Å². The third-order valence-corrected chi connectivity index (χ3v) is 14.8. The minimum atomic E-state index is -2.28. The van der Waals surface area contributed by atoms with Gasteiger partial charge in [-0.2, -0.15) is 0 Å². The maximum Gasteiger partial charge on any atom is 0.330 e. The molecule has 0 unspecified atom stereocenters. The number of aliphatic hydroxyl groups is 6. The van der Waals surface area contributed by atoms with Crippen LogP contribution >= 0.6 is 23.2 Å². The van der Waals surface area contributed by atoms with Crippen LogP contribution in [0.15, 0.2) is 97.1 Å². The van der Waals surface area contributed by atoms with Crippen LogP contribution in [0.2, 0.25) is 10.0 Å². The topological polar surface area (TPSA) is 511 Å². The number of hydrogen-bond acceptors (Lipinski definition) is 22. The van der Waals surface area contributed by atoms with Gasteiger partial charge >= 0.3 is 5.97 Å². The molecule has 4 bridgehead atoms. The lowest BCUT2D eigenvalue weighted by molar-refractivity contribution is -0.277. The number of carbonyl (C=O) groups excluding carboxylic acids is 7. The van der Waals surface area contributed by atoms with E-state index in [1.807, 2.05) is 0 Å². The molecule has 1 fully saturated rings. The van der Waals surface area contributed by atoms with E-state index < -0.39 is 185 Å². The predicted octanol–water partition coefficient (Wildman–Crippen LogP) is -0.772. The Hall–Kier alpha value is -9.08. The third kappa shape index (κ3) is 16.6. The van der Waals surface area contributed by atoms with Crippen LogP contribution in [-0.2, 0) is 43.1 Å². The van der Waals surface area contributed by atoms with Gasteiger partial charge in [0.25, 0.3) is 0 Å². The summed E-state index contributed by atoms with van der Waals surface area (Å²) in [4.78, 5) is 113. The zero-order valence-electron chi connectivity index (χ0n) is 47.3. The number of nitrogens with one attached hydrogen (secondary N) is 6. The zero-order valence-corrected chi connectivity index (χ0v) is 48.9. The average Bonchev–Trinajstić information content (AvgIpc) is 1.52. The highest BCUT2D eigenvalue weighted by Crippen LogP contribution is 2.41. The molecule has 0 radical (unpaired) electrons.